The first-order valence-electron chi connectivity index (χ1n) is 8.90. The molecule has 0 aromatic carbocycles. The van der Waals surface area contributed by atoms with Gasteiger partial charge in [-0.05, 0) is 0 Å². The van der Waals surface area contributed by atoms with E-state index in [0.717, 1.165) is 0 Å². The SMILES string of the molecule is O=C(CN1CCN(c2cnn(CC(F)(F)F)c(=O)c2Cl)CC1)N1CCOCC1. The van der Waals surface area contributed by atoms with E-state index in [2.05, 4.69) is 5.10 Å². The van der Waals surface area contributed by atoms with E-state index < -0.39 is 18.3 Å². The maximum Gasteiger partial charge on any atom is 0.408 e. The number of hydrogen-bond acceptors (Lipinski definition) is 6. The zero-order valence-corrected chi connectivity index (χ0v) is 15.9. The maximum atomic E-state index is 12.5. The molecule has 1 aromatic heterocycles. The van der Waals surface area contributed by atoms with E-state index >= 15 is 0 Å². The number of aromatic nitrogens is 2. The van der Waals surface area contributed by atoms with Gasteiger partial charge in [0.2, 0.25) is 5.91 Å². The van der Waals surface area contributed by atoms with Crippen LogP contribution in [0.15, 0.2) is 11.0 Å². The van der Waals surface area contributed by atoms with E-state index in [4.69, 9.17) is 16.3 Å². The minimum Gasteiger partial charge on any atom is -0.378 e. The third-order valence-electron chi connectivity index (χ3n) is 4.73. The van der Waals surface area contributed by atoms with Crippen LogP contribution in [0.1, 0.15) is 0 Å². The Morgan fingerprint density at radius 2 is 1.79 bits per heavy atom. The summed E-state index contributed by atoms with van der Waals surface area (Å²) in [6.07, 6.45) is -3.37. The zero-order chi connectivity index (χ0) is 20.3. The summed E-state index contributed by atoms with van der Waals surface area (Å²) in [5, 5.41) is 3.32. The van der Waals surface area contributed by atoms with Crippen molar-refractivity contribution < 1.29 is 22.7 Å². The first-order valence-corrected chi connectivity index (χ1v) is 9.27. The highest BCUT2D eigenvalue weighted by atomic mass is 35.5. The van der Waals surface area contributed by atoms with Crippen molar-refractivity contribution in [2.45, 2.75) is 12.7 Å². The topological polar surface area (TPSA) is 70.9 Å². The second kappa shape index (κ2) is 8.66. The van der Waals surface area contributed by atoms with Crippen LogP contribution < -0.4 is 10.5 Å². The molecule has 0 atom stereocenters. The number of morpholine rings is 1. The Balaban J connectivity index is 1.58. The smallest absolute Gasteiger partial charge is 0.378 e. The Hall–Kier alpha value is -1.85. The number of piperazine rings is 1. The number of nitrogens with zero attached hydrogens (tertiary/aromatic N) is 5. The number of hydrogen-bond donors (Lipinski definition) is 0. The second-order valence-electron chi connectivity index (χ2n) is 6.68. The summed E-state index contributed by atoms with van der Waals surface area (Å²) in [6, 6.07) is 0. The molecule has 0 aliphatic carbocycles. The largest absolute Gasteiger partial charge is 0.408 e. The van der Waals surface area contributed by atoms with Gasteiger partial charge in [-0.15, -0.1) is 0 Å². The summed E-state index contributed by atoms with van der Waals surface area (Å²) in [4.78, 5) is 30.0. The predicted octanol–water partition coefficient (Wildman–Crippen LogP) is 0.440. The molecule has 3 heterocycles. The van der Waals surface area contributed by atoms with Crippen molar-refractivity contribution in [3.63, 3.8) is 0 Å². The van der Waals surface area contributed by atoms with E-state index in [1.54, 1.807) is 9.80 Å². The molecule has 0 unspecified atom stereocenters. The lowest BCUT2D eigenvalue weighted by molar-refractivity contribution is -0.143. The van der Waals surface area contributed by atoms with Gasteiger partial charge in [0.25, 0.3) is 5.56 Å². The monoisotopic (exact) mass is 423 g/mol. The number of rotatable bonds is 4. The Morgan fingerprint density at radius 3 is 2.39 bits per heavy atom. The Labute approximate surface area is 164 Å². The van der Waals surface area contributed by atoms with Gasteiger partial charge in [-0.1, -0.05) is 11.6 Å². The molecule has 0 radical (unpaired) electrons. The van der Waals surface area contributed by atoms with Crippen LogP contribution >= 0.6 is 11.6 Å². The lowest BCUT2D eigenvalue weighted by atomic mass is 10.2. The van der Waals surface area contributed by atoms with Crippen LogP contribution in [0.3, 0.4) is 0 Å². The van der Waals surface area contributed by atoms with E-state index in [9.17, 15) is 22.8 Å². The van der Waals surface area contributed by atoms with Gasteiger partial charge >= 0.3 is 6.18 Å². The number of halogens is 4. The van der Waals surface area contributed by atoms with Crippen molar-refractivity contribution in [2.24, 2.45) is 0 Å². The third-order valence-corrected chi connectivity index (χ3v) is 5.09. The van der Waals surface area contributed by atoms with Crippen molar-refractivity contribution in [1.82, 2.24) is 19.6 Å². The number of alkyl halides is 3. The molecule has 8 nitrogen and oxygen atoms in total. The number of carbonyl (C=O) groups excluding carboxylic acids is 1. The summed E-state index contributed by atoms with van der Waals surface area (Å²) in [6.45, 7) is 3.20. The van der Waals surface area contributed by atoms with Gasteiger partial charge in [0.15, 0.2) is 0 Å². The van der Waals surface area contributed by atoms with Gasteiger partial charge in [0, 0.05) is 39.3 Å². The molecule has 2 aliphatic rings. The van der Waals surface area contributed by atoms with Crippen LogP contribution in [0.25, 0.3) is 0 Å². The van der Waals surface area contributed by atoms with Crippen molar-refractivity contribution in [1.29, 1.82) is 0 Å². The number of ether oxygens (including phenoxy) is 1. The molecule has 2 saturated heterocycles. The van der Waals surface area contributed by atoms with Crippen molar-refractivity contribution in [2.75, 3.05) is 63.9 Å². The highest BCUT2D eigenvalue weighted by Gasteiger charge is 2.30. The predicted molar refractivity (Wildman–Crippen MR) is 95.6 cm³/mol. The average molecular weight is 424 g/mol. The Kier molecular flexibility index (Phi) is 6.46. The Morgan fingerprint density at radius 1 is 1.14 bits per heavy atom. The second-order valence-corrected chi connectivity index (χ2v) is 7.06. The van der Waals surface area contributed by atoms with E-state index in [-0.39, 0.29) is 10.9 Å². The van der Waals surface area contributed by atoms with Crippen LogP contribution in [0, 0.1) is 0 Å². The van der Waals surface area contributed by atoms with Gasteiger partial charge in [-0.3, -0.25) is 14.5 Å². The fourth-order valence-corrected chi connectivity index (χ4v) is 3.48. The molecule has 3 rings (SSSR count). The molecule has 0 bridgehead atoms. The highest BCUT2D eigenvalue weighted by Crippen LogP contribution is 2.23. The van der Waals surface area contributed by atoms with Crippen molar-refractivity contribution >= 4 is 23.2 Å². The van der Waals surface area contributed by atoms with E-state index in [0.29, 0.717) is 69.4 Å². The van der Waals surface area contributed by atoms with Crippen molar-refractivity contribution in [3.8, 4) is 0 Å². The normalized spacial score (nSPS) is 19.1. The molecule has 1 amide bonds. The summed E-state index contributed by atoms with van der Waals surface area (Å²) < 4.78 is 43.0. The lowest BCUT2D eigenvalue weighted by Crippen LogP contribution is -2.51. The molecule has 1 aromatic rings. The summed E-state index contributed by atoms with van der Waals surface area (Å²) in [5.41, 5.74) is -0.661. The first-order chi connectivity index (χ1) is 13.2. The van der Waals surface area contributed by atoms with Gasteiger partial charge in [0.05, 0.1) is 31.6 Å². The molecule has 28 heavy (non-hydrogen) atoms. The van der Waals surface area contributed by atoms with Gasteiger partial charge in [-0.25, -0.2) is 4.68 Å². The Bertz CT molecular complexity index is 759. The van der Waals surface area contributed by atoms with Crippen LogP contribution in [0.2, 0.25) is 5.02 Å². The van der Waals surface area contributed by atoms with Crippen LogP contribution in [0.5, 0.6) is 0 Å². The molecule has 156 valence electrons. The standard InChI is InChI=1S/C16H21ClF3N5O3/c17-14-12(9-21-25(15(14)27)11-16(18,19)20)23-3-1-22(2-4-23)10-13(26)24-5-7-28-8-6-24/h9H,1-8,10-11H2. The molecule has 0 saturated carbocycles. The van der Waals surface area contributed by atoms with E-state index in [1.165, 1.54) is 6.20 Å². The molecule has 0 N–H and O–H groups in total. The van der Waals surface area contributed by atoms with Gasteiger partial charge in [0.1, 0.15) is 11.6 Å². The van der Waals surface area contributed by atoms with Crippen molar-refractivity contribution in [3.05, 3.63) is 21.6 Å². The quantitative estimate of drug-likeness (QED) is 0.700. The number of anilines is 1. The molecule has 12 heteroatoms. The summed E-state index contributed by atoms with van der Waals surface area (Å²) in [5.74, 6) is 0.0474. The average Bonchev–Trinajstić information content (AvgIpc) is 2.66. The summed E-state index contributed by atoms with van der Waals surface area (Å²) in [7, 11) is 0. The van der Waals surface area contributed by atoms with Crippen LogP contribution in [-0.2, 0) is 16.1 Å². The lowest BCUT2D eigenvalue weighted by Gasteiger charge is -2.37. The maximum absolute atomic E-state index is 12.5. The molecular weight excluding hydrogens is 403 g/mol. The van der Waals surface area contributed by atoms with E-state index in [1.807, 2.05) is 4.90 Å². The minimum absolute atomic E-state index is 0.0474. The number of amides is 1. The third kappa shape index (κ3) is 5.15. The van der Waals surface area contributed by atoms with Gasteiger partial charge in [-0.2, -0.15) is 18.3 Å². The fourth-order valence-electron chi connectivity index (χ4n) is 3.21. The van der Waals surface area contributed by atoms with Gasteiger partial charge < -0.3 is 14.5 Å². The fraction of sp³-hybridized carbons (Fsp3) is 0.688. The zero-order valence-electron chi connectivity index (χ0n) is 15.1. The molecule has 2 fully saturated rings. The number of carbonyl (C=O) groups is 1. The van der Waals surface area contributed by atoms with Crippen LogP contribution in [-0.4, -0.2) is 90.7 Å². The first kappa shape index (κ1) is 20.9. The molecule has 0 spiro atoms. The molecule has 2 aliphatic heterocycles. The minimum atomic E-state index is -4.56. The molecular formula is C16H21ClF3N5O3. The highest BCUT2D eigenvalue weighted by molar-refractivity contribution is 6.33. The van der Waals surface area contributed by atoms with Crippen LogP contribution in [0.4, 0.5) is 18.9 Å². The summed E-state index contributed by atoms with van der Waals surface area (Å²) >= 11 is 6.01.